The van der Waals surface area contributed by atoms with Crippen LogP contribution in [0, 0.1) is 5.82 Å². The number of nitrogens with one attached hydrogen (secondary N) is 2. The molecule has 0 fully saturated rings. The minimum atomic E-state index is -0.228. The average Bonchev–Trinajstić information content (AvgIpc) is 2.83. The third-order valence-corrected chi connectivity index (χ3v) is 4.20. The maximum absolute atomic E-state index is 12.9. The van der Waals surface area contributed by atoms with Gasteiger partial charge in [-0.1, -0.05) is 18.6 Å². The Bertz CT molecular complexity index is 692. The highest BCUT2D eigenvalue weighted by Gasteiger charge is 2.14. The molecule has 0 atom stereocenters. The van der Waals surface area contributed by atoms with Crippen molar-refractivity contribution in [1.82, 2.24) is 25.4 Å². The van der Waals surface area contributed by atoms with Gasteiger partial charge < -0.3 is 15.2 Å². The molecule has 2 aromatic rings. The summed E-state index contributed by atoms with van der Waals surface area (Å²) in [5, 5.41) is 15.1. The first-order valence-electron chi connectivity index (χ1n) is 8.36. The van der Waals surface area contributed by atoms with Crippen LogP contribution in [0.5, 0.6) is 0 Å². The standard InChI is InChI=1S/C17H23FN6/c1-19-17(20-11-13-6-8-14(18)9-7-13)21-12-16-23-22-15-5-3-2-4-10-24(15)16/h6-9H,2-5,10-12H2,1H3,(H2,19,20,21). The molecule has 0 unspecified atom stereocenters. The molecule has 0 saturated carbocycles. The van der Waals surface area contributed by atoms with E-state index in [-0.39, 0.29) is 5.82 Å². The Hall–Kier alpha value is -2.44. The summed E-state index contributed by atoms with van der Waals surface area (Å²) in [6, 6.07) is 6.43. The number of nitrogens with zero attached hydrogens (tertiary/aromatic N) is 4. The van der Waals surface area contributed by atoms with Gasteiger partial charge in [0.2, 0.25) is 0 Å². The first-order valence-corrected chi connectivity index (χ1v) is 8.36. The normalized spacial score (nSPS) is 14.8. The van der Waals surface area contributed by atoms with Gasteiger partial charge in [0.05, 0.1) is 6.54 Å². The molecule has 128 valence electrons. The Labute approximate surface area is 141 Å². The van der Waals surface area contributed by atoms with Gasteiger partial charge in [0.1, 0.15) is 11.6 Å². The van der Waals surface area contributed by atoms with Crippen molar-refractivity contribution in [3.63, 3.8) is 0 Å². The number of halogens is 1. The van der Waals surface area contributed by atoms with Crippen LogP contribution in [0.4, 0.5) is 4.39 Å². The number of fused-ring (bicyclic) bond motifs is 1. The summed E-state index contributed by atoms with van der Waals surface area (Å²) in [6.45, 7) is 2.15. The monoisotopic (exact) mass is 330 g/mol. The molecule has 0 radical (unpaired) electrons. The number of hydrogen-bond donors (Lipinski definition) is 2. The zero-order chi connectivity index (χ0) is 16.8. The molecule has 3 rings (SSSR count). The zero-order valence-corrected chi connectivity index (χ0v) is 13.9. The van der Waals surface area contributed by atoms with Gasteiger partial charge in [0.25, 0.3) is 0 Å². The molecule has 1 aromatic carbocycles. The molecule has 1 aliphatic heterocycles. The van der Waals surface area contributed by atoms with Crippen molar-refractivity contribution >= 4 is 5.96 Å². The van der Waals surface area contributed by atoms with Gasteiger partial charge >= 0.3 is 0 Å². The largest absolute Gasteiger partial charge is 0.352 e. The van der Waals surface area contributed by atoms with Crippen LogP contribution in [0.1, 0.15) is 36.5 Å². The Morgan fingerprint density at radius 3 is 2.71 bits per heavy atom. The highest BCUT2D eigenvalue weighted by Crippen LogP contribution is 2.14. The van der Waals surface area contributed by atoms with Gasteiger partial charge in [-0.25, -0.2) is 4.39 Å². The van der Waals surface area contributed by atoms with Gasteiger partial charge in [0, 0.05) is 26.6 Å². The Balaban J connectivity index is 1.55. The third-order valence-electron chi connectivity index (χ3n) is 4.20. The molecule has 0 bridgehead atoms. The fourth-order valence-electron chi connectivity index (χ4n) is 2.85. The Morgan fingerprint density at radius 1 is 1.12 bits per heavy atom. The fourth-order valence-corrected chi connectivity index (χ4v) is 2.85. The summed E-state index contributed by atoms with van der Waals surface area (Å²) in [6.07, 6.45) is 4.61. The Morgan fingerprint density at radius 2 is 1.92 bits per heavy atom. The molecule has 0 saturated heterocycles. The first kappa shape index (κ1) is 16.4. The van der Waals surface area contributed by atoms with Crippen molar-refractivity contribution < 1.29 is 4.39 Å². The van der Waals surface area contributed by atoms with Crippen LogP contribution in [0.2, 0.25) is 0 Å². The summed E-state index contributed by atoms with van der Waals surface area (Å²) >= 11 is 0. The maximum Gasteiger partial charge on any atom is 0.191 e. The van der Waals surface area contributed by atoms with E-state index in [1.807, 2.05) is 0 Å². The van der Waals surface area contributed by atoms with E-state index in [1.54, 1.807) is 19.2 Å². The van der Waals surface area contributed by atoms with E-state index in [0.29, 0.717) is 19.0 Å². The summed E-state index contributed by atoms with van der Waals surface area (Å²) in [4.78, 5) is 4.21. The minimum Gasteiger partial charge on any atom is -0.352 e. The summed E-state index contributed by atoms with van der Waals surface area (Å²) in [5.74, 6) is 2.48. The molecule has 6 nitrogen and oxygen atoms in total. The van der Waals surface area contributed by atoms with Gasteiger partial charge in [-0.15, -0.1) is 10.2 Å². The van der Waals surface area contributed by atoms with Crippen LogP contribution in [0.25, 0.3) is 0 Å². The van der Waals surface area contributed by atoms with Crippen molar-refractivity contribution in [2.75, 3.05) is 7.05 Å². The number of aromatic nitrogens is 3. The summed E-state index contributed by atoms with van der Waals surface area (Å²) in [7, 11) is 1.73. The van der Waals surface area contributed by atoms with Crippen LogP contribution in [0.15, 0.2) is 29.3 Å². The number of benzene rings is 1. The first-order chi connectivity index (χ1) is 11.8. The van der Waals surface area contributed by atoms with Crippen molar-refractivity contribution in [2.45, 2.75) is 45.3 Å². The van der Waals surface area contributed by atoms with E-state index < -0.39 is 0 Å². The molecular weight excluding hydrogens is 307 g/mol. The van der Waals surface area contributed by atoms with E-state index >= 15 is 0 Å². The van der Waals surface area contributed by atoms with Gasteiger partial charge in [-0.05, 0) is 30.5 Å². The van der Waals surface area contributed by atoms with Crippen LogP contribution >= 0.6 is 0 Å². The lowest BCUT2D eigenvalue weighted by Crippen LogP contribution is -2.37. The van der Waals surface area contributed by atoms with Crippen LogP contribution in [0.3, 0.4) is 0 Å². The molecule has 2 N–H and O–H groups in total. The molecule has 1 aliphatic rings. The Kier molecular flexibility index (Phi) is 5.40. The molecule has 7 heteroatoms. The number of hydrogen-bond acceptors (Lipinski definition) is 3. The second-order valence-corrected chi connectivity index (χ2v) is 5.90. The topological polar surface area (TPSA) is 67.1 Å². The lowest BCUT2D eigenvalue weighted by molar-refractivity contribution is 0.596. The van der Waals surface area contributed by atoms with E-state index in [0.717, 1.165) is 30.2 Å². The van der Waals surface area contributed by atoms with E-state index in [2.05, 4.69) is 30.4 Å². The summed E-state index contributed by atoms with van der Waals surface area (Å²) < 4.78 is 15.1. The number of aryl methyl sites for hydroxylation is 1. The zero-order valence-electron chi connectivity index (χ0n) is 13.9. The predicted octanol–water partition coefficient (Wildman–Crippen LogP) is 2.01. The van der Waals surface area contributed by atoms with Crippen LogP contribution in [-0.2, 0) is 26.1 Å². The second-order valence-electron chi connectivity index (χ2n) is 5.90. The van der Waals surface area contributed by atoms with Crippen molar-refractivity contribution in [3.8, 4) is 0 Å². The molecule has 0 amide bonds. The molecular formula is C17H23FN6. The van der Waals surface area contributed by atoms with E-state index in [9.17, 15) is 4.39 Å². The van der Waals surface area contributed by atoms with Crippen molar-refractivity contribution in [2.24, 2.45) is 4.99 Å². The van der Waals surface area contributed by atoms with Gasteiger partial charge in [0.15, 0.2) is 11.8 Å². The average molecular weight is 330 g/mol. The van der Waals surface area contributed by atoms with Crippen molar-refractivity contribution in [1.29, 1.82) is 0 Å². The lowest BCUT2D eigenvalue weighted by Gasteiger charge is -2.12. The van der Waals surface area contributed by atoms with E-state index in [4.69, 9.17) is 0 Å². The van der Waals surface area contributed by atoms with Crippen LogP contribution < -0.4 is 10.6 Å². The predicted molar refractivity (Wildman–Crippen MR) is 91.0 cm³/mol. The van der Waals surface area contributed by atoms with Crippen LogP contribution in [-0.4, -0.2) is 27.8 Å². The van der Waals surface area contributed by atoms with Gasteiger partial charge in [-0.2, -0.15) is 0 Å². The molecule has 24 heavy (non-hydrogen) atoms. The highest BCUT2D eigenvalue weighted by molar-refractivity contribution is 5.79. The smallest absolute Gasteiger partial charge is 0.191 e. The quantitative estimate of drug-likeness (QED) is 0.665. The molecule has 2 heterocycles. The third kappa shape index (κ3) is 4.10. The second kappa shape index (κ2) is 7.90. The molecule has 0 aliphatic carbocycles. The van der Waals surface area contributed by atoms with E-state index in [1.165, 1.54) is 31.4 Å². The maximum atomic E-state index is 12.9. The molecule has 0 spiro atoms. The number of guanidine groups is 1. The SMILES string of the molecule is CN=C(NCc1ccc(F)cc1)NCc1nnc2n1CCCCC2. The van der Waals surface area contributed by atoms with Crippen molar-refractivity contribution in [3.05, 3.63) is 47.3 Å². The van der Waals surface area contributed by atoms with Gasteiger partial charge in [-0.3, -0.25) is 4.99 Å². The number of aliphatic imine (C=N–C) groups is 1. The lowest BCUT2D eigenvalue weighted by atomic mass is 10.2. The minimum absolute atomic E-state index is 0.228. The number of rotatable bonds is 4. The highest BCUT2D eigenvalue weighted by atomic mass is 19.1. The molecule has 1 aromatic heterocycles. The fraction of sp³-hybridized carbons (Fsp3) is 0.471. The summed E-state index contributed by atoms with van der Waals surface area (Å²) in [5.41, 5.74) is 0.996.